The number of rotatable bonds is 8. The topological polar surface area (TPSA) is 86.1 Å². The number of nitrogens with one attached hydrogen (secondary N) is 1. The molecular formula is C20H22Cl2N4O3S. The van der Waals surface area contributed by atoms with Crippen molar-refractivity contribution in [2.24, 2.45) is 0 Å². The van der Waals surface area contributed by atoms with Gasteiger partial charge in [-0.2, -0.15) is 0 Å². The average Bonchev–Trinajstić information content (AvgIpc) is 3.14. The zero-order chi connectivity index (χ0) is 21.9. The standard InChI is InChI=1S/C20H22Cl2N4O3S/c1-13(2)26-19(23-24-20(26)29-3)18(11-14-7-5-4-6-8-14)25-30(27,28)15-9-10-16(21)17(22)12-15/h4-10,12-13,18,25H,11H2,1-3H3/t18-/m1/s1. The van der Waals surface area contributed by atoms with E-state index in [9.17, 15) is 8.42 Å². The smallest absolute Gasteiger partial charge is 0.316 e. The summed E-state index contributed by atoms with van der Waals surface area (Å²) in [6, 6.07) is 13.3. The fraction of sp³-hybridized carbons (Fsp3) is 0.300. The summed E-state index contributed by atoms with van der Waals surface area (Å²) in [6.45, 7) is 3.89. The van der Waals surface area contributed by atoms with E-state index in [0.29, 0.717) is 18.3 Å². The molecule has 2 aromatic carbocycles. The van der Waals surface area contributed by atoms with Crippen molar-refractivity contribution < 1.29 is 13.2 Å². The maximum atomic E-state index is 13.1. The molecule has 10 heteroatoms. The van der Waals surface area contributed by atoms with Gasteiger partial charge in [0.05, 0.1) is 28.1 Å². The van der Waals surface area contributed by atoms with Crippen LogP contribution in [0, 0.1) is 0 Å². The Bertz CT molecular complexity index is 1120. The number of hydrogen-bond donors (Lipinski definition) is 1. The molecule has 0 spiro atoms. The molecule has 0 saturated heterocycles. The van der Waals surface area contributed by atoms with Gasteiger partial charge in [-0.15, -0.1) is 5.10 Å². The summed E-state index contributed by atoms with van der Waals surface area (Å²) in [4.78, 5) is 0.0116. The molecule has 7 nitrogen and oxygen atoms in total. The number of aromatic nitrogens is 3. The molecule has 30 heavy (non-hydrogen) atoms. The van der Waals surface area contributed by atoms with Crippen molar-refractivity contribution in [2.45, 2.75) is 37.2 Å². The zero-order valence-corrected chi connectivity index (χ0v) is 19.0. The number of halogens is 2. The average molecular weight is 469 g/mol. The lowest BCUT2D eigenvalue weighted by molar-refractivity contribution is 0.339. The summed E-state index contributed by atoms with van der Waals surface area (Å²) < 4.78 is 36.1. The molecule has 3 rings (SSSR count). The predicted octanol–water partition coefficient (Wildman–Crippen LogP) is 4.44. The SMILES string of the molecule is COc1nnc([C@@H](Cc2ccccc2)NS(=O)(=O)c2ccc(Cl)c(Cl)c2)n1C(C)C. The molecule has 0 amide bonds. The van der Waals surface area contributed by atoms with E-state index < -0.39 is 16.1 Å². The first-order valence-electron chi connectivity index (χ1n) is 9.23. The highest BCUT2D eigenvalue weighted by molar-refractivity contribution is 7.89. The Labute approximate surface area is 186 Å². The van der Waals surface area contributed by atoms with E-state index in [1.54, 1.807) is 4.57 Å². The molecule has 3 aromatic rings. The number of sulfonamides is 1. The van der Waals surface area contributed by atoms with Crippen molar-refractivity contribution in [2.75, 3.05) is 7.11 Å². The van der Waals surface area contributed by atoms with Crippen molar-refractivity contribution in [1.82, 2.24) is 19.5 Å². The molecule has 0 aliphatic carbocycles. The molecule has 160 valence electrons. The lowest BCUT2D eigenvalue weighted by Gasteiger charge is -2.21. The Morgan fingerprint density at radius 3 is 2.37 bits per heavy atom. The second-order valence-electron chi connectivity index (χ2n) is 6.95. The normalized spacial score (nSPS) is 12.9. The van der Waals surface area contributed by atoms with Gasteiger partial charge in [0.15, 0.2) is 5.82 Å². The first kappa shape index (κ1) is 22.6. The van der Waals surface area contributed by atoms with Crippen LogP contribution >= 0.6 is 23.2 Å². The molecule has 0 aliphatic heterocycles. The van der Waals surface area contributed by atoms with Gasteiger partial charge in [-0.05, 0) is 44.0 Å². The predicted molar refractivity (Wildman–Crippen MR) is 117 cm³/mol. The second-order valence-corrected chi connectivity index (χ2v) is 9.48. The van der Waals surface area contributed by atoms with E-state index in [4.69, 9.17) is 27.9 Å². The van der Waals surface area contributed by atoms with Crippen LogP contribution in [0.15, 0.2) is 53.4 Å². The maximum Gasteiger partial charge on any atom is 0.316 e. The lowest BCUT2D eigenvalue weighted by atomic mass is 10.1. The highest BCUT2D eigenvalue weighted by Gasteiger charge is 2.29. The number of methoxy groups -OCH3 is 1. The summed E-state index contributed by atoms with van der Waals surface area (Å²) >= 11 is 12.0. The van der Waals surface area contributed by atoms with Gasteiger partial charge in [0.2, 0.25) is 10.0 Å². The Balaban J connectivity index is 2.04. The van der Waals surface area contributed by atoms with Crippen molar-refractivity contribution in [3.63, 3.8) is 0 Å². The van der Waals surface area contributed by atoms with Crippen LogP contribution in [0.2, 0.25) is 10.0 Å². The van der Waals surface area contributed by atoms with Crippen LogP contribution in [0.1, 0.15) is 37.3 Å². The molecule has 0 saturated carbocycles. The van der Waals surface area contributed by atoms with Gasteiger partial charge in [-0.25, -0.2) is 13.1 Å². The van der Waals surface area contributed by atoms with Crippen molar-refractivity contribution in [1.29, 1.82) is 0 Å². The molecule has 0 radical (unpaired) electrons. The molecule has 1 N–H and O–H groups in total. The fourth-order valence-corrected chi connectivity index (χ4v) is 4.67. The van der Waals surface area contributed by atoms with Gasteiger partial charge in [0, 0.05) is 6.04 Å². The summed E-state index contributed by atoms with van der Waals surface area (Å²) in [5, 5.41) is 8.73. The molecule has 0 aliphatic rings. The van der Waals surface area contributed by atoms with Gasteiger partial charge < -0.3 is 4.74 Å². The minimum atomic E-state index is -3.92. The first-order valence-corrected chi connectivity index (χ1v) is 11.5. The number of benzene rings is 2. The summed E-state index contributed by atoms with van der Waals surface area (Å²) in [5.41, 5.74) is 0.941. The minimum Gasteiger partial charge on any atom is -0.467 e. The third kappa shape index (κ3) is 4.95. The van der Waals surface area contributed by atoms with Gasteiger partial charge in [-0.1, -0.05) is 58.6 Å². The van der Waals surface area contributed by atoms with E-state index >= 15 is 0 Å². The van der Waals surface area contributed by atoms with E-state index in [-0.39, 0.29) is 21.0 Å². The van der Waals surface area contributed by atoms with E-state index in [1.807, 2.05) is 44.2 Å². The molecule has 1 heterocycles. The van der Waals surface area contributed by atoms with Crippen LogP contribution in [-0.4, -0.2) is 30.3 Å². The highest BCUT2D eigenvalue weighted by Crippen LogP contribution is 2.28. The Hall–Kier alpha value is -2.13. The first-order chi connectivity index (χ1) is 14.2. The lowest BCUT2D eigenvalue weighted by Crippen LogP contribution is -2.32. The molecule has 1 atom stereocenters. The number of hydrogen-bond acceptors (Lipinski definition) is 5. The van der Waals surface area contributed by atoms with Crippen LogP contribution in [0.25, 0.3) is 0 Å². The summed E-state index contributed by atoms with van der Waals surface area (Å²) in [7, 11) is -2.42. The van der Waals surface area contributed by atoms with E-state index in [0.717, 1.165) is 5.56 Å². The molecule has 0 unspecified atom stereocenters. The Kier molecular flexibility index (Phi) is 7.02. The van der Waals surface area contributed by atoms with Gasteiger partial charge in [0.1, 0.15) is 0 Å². The van der Waals surface area contributed by atoms with E-state index in [1.165, 1.54) is 25.3 Å². The van der Waals surface area contributed by atoms with E-state index in [2.05, 4.69) is 14.9 Å². The highest BCUT2D eigenvalue weighted by atomic mass is 35.5. The molecule has 0 fully saturated rings. The van der Waals surface area contributed by atoms with Crippen molar-refractivity contribution in [3.05, 3.63) is 70.0 Å². The van der Waals surface area contributed by atoms with Crippen LogP contribution < -0.4 is 9.46 Å². The Morgan fingerprint density at radius 1 is 1.07 bits per heavy atom. The van der Waals surface area contributed by atoms with Gasteiger partial charge in [-0.3, -0.25) is 4.57 Å². The van der Waals surface area contributed by atoms with Crippen LogP contribution in [0.4, 0.5) is 0 Å². The van der Waals surface area contributed by atoms with Crippen molar-refractivity contribution >= 4 is 33.2 Å². The van der Waals surface area contributed by atoms with Gasteiger partial charge in [0.25, 0.3) is 0 Å². The molecule has 0 bridgehead atoms. The van der Waals surface area contributed by atoms with Crippen LogP contribution in [0.3, 0.4) is 0 Å². The third-order valence-electron chi connectivity index (χ3n) is 4.48. The summed E-state index contributed by atoms with van der Waals surface area (Å²) in [6.07, 6.45) is 0.371. The monoisotopic (exact) mass is 468 g/mol. The number of ether oxygens (including phenoxy) is 1. The minimum absolute atomic E-state index is 0.0116. The zero-order valence-electron chi connectivity index (χ0n) is 16.7. The summed E-state index contributed by atoms with van der Waals surface area (Å²) in [5.74, 6) is 0.453. The van der Waals surface area contributed by atoms with Crippen molar-refractivity contribution in [3.8, 4) is 6.01 Å². The fourth-order valence-electron chi connectivity index (χ4n) is 3.09. The largest absolute Gasteiger partial charge is 0.467 e. The van der Waals surface area contributed by atoms with Crippen LogP contribution in [0.5, 0.6) is 6.01 Å². The second kappa shape index (κ2) is 9.34. The van der Waals surface area contributed by atoms with Gasteiger partial charge >= 0.3 is 6.01 Å². The Morgan fingerprint density at radius 2 is 1.77 bits per heavy atom. The molecule has 1 aromatic heterocycles. The van der Waals surface area contributed by atoms with Crippen LogP contribution in [-0.2, 0) is 16.4 Å². The third-order valence-corrected chi connectivity index (χ3v) is 6.69. The molecular weight excluding hydrogens is 447 g/mol. The number of nitrogens with zero attached hydrogens (tertiary/aromatic N) is 3. The quantitative estimate of drug-likeness (QED) is 0.527. The maximum absolute atomic E-state index is 13.1.